The third-order valence-corrected chi connectivity index (χ3v) is 3.50. The van der Waals surface area contributed by atoms with Crippen molar-refractivity contribution >= 4 is 11.6 Å². The van der Waals surface area contributed by atoms with Gasteiger partial charge in [-0.1, -0.05) is 38.7 Å². The van der Waals surface area contributed by atoms with Gasteiger partial charge in [-0.15, -0.1) is 0 Å². The number of unbranched alkanes of at least 4 members (excludes halogenated alkanes) is 4. The fourth-order valence-corrected chi connectivity index (χ4v) is 2.31. The van der Waals surface area contributed by atoms with Crippen molar-refractivity contribution in [2.24, 2.45) is 5.73 Å². The van der Waals surface area contributed by atoms with Crippen molar-refractivity contribution in [3.8, 4) is 0 Å². The van der Waals surface area contributed by atoms with E-state index in [9.17, 15) is 9.18 Å². The van der Waals surface area contributed by atoms with Gasteiger partial charge in [0.25, 0.3) is 0 Å². The molecule has 0 unspecified atom stereocenters. The average molecular weight is 294 g/mol. The average Bonchev–Trinajstić information content (AvgIpc) is 2.47. The number of nitrogens with zero attached hydrogens (tertiary/aromatic N) is 1. The second kappa shape index (κ2) is 10.3. The molecule has 118 valence electrons. The molecule has 0 heterocycles. The lowest BCUT2D eigenvalue weighted by atomic mass is 10.1. The summed E-state index contributed by atoms with van der Waals surface area (Å²) in [4.78, 5) is 14.0. The Hall–Kier alpha value is -1.42. The first-order valence-corrected chi connectivity index (χ1v) is 7.95. The van der Waals surface area contributed by atoms with E-state index < -0.39 is 0 Å². The maximum atomic E-state index is 13.3. The maximum absolute atomic E-state index is 13.3. The fraction of sp³-hybridized carbons (Fsp3) is 0.588. The van der Waals surface area contributed by atoms with Crippen molar-refractivity contribution in [1.82, 2.24) is 0 Å². The molecule has 2 N–H and O–H groups in total. The monoisotopic (exact) mass is 294 g/mol. The molecule has 1 aromatic rings. The van der Waals surface area contributed by atoms with Crippen LogP contribution in [0.2, 0.25) is 0 Å². The third-order valence-electron chi connectivity index (χ3n) is 3.50. The highest BCUT2D eigenvalue weighted by Gasteiger charge is 2.15. The number of hydrogen-bond acceptors (Lipinski definition) is 2. The number of carbonyl (C=O) groups is 1. The smallest absolute Gasteiger partial charge is 0.226 e. The first-order valence-electron chi connectivity index (χ1n) is 7.95. The van der Waals surface area contributed by atoms with Crippen LogP contribution in [0.5, 0.6) is 0 Å². The Balaban J connectivity index is 2.58. The van der Waals surface area contributed by atoms with E-state index in [0.29, 0.717) is 25.2 Å². The second-order valence-electron chi connectivity index (χ2n) is 5.33. The van der Waals surface area contributed by atoms with Crippen LogP contribution in [0.3, 0.4) is 0 Å². The lowest BCUT2D eigenvalue weighted by Gasteiger charge is -2.23. The summed E-state index contributed by atoms with van der Waals surface area (Å²) >= 11 is 0. The van der Waals surface area contributed by atoms with E-state index in [0.717, 1.165) is 19.3 Å². The van der Waals surface area contributed by atoms with Gasteiger partial charge >= 0.3 is 0 Å². The molecule has 4 heteroatoms. The van der Waals surface area contributed by atoms with Gasteiger partial charge in [0.2, 0.25) is 5.91 Å². The van der Waals surface area contributed by atoms with E-state index in [-0.39, 0.29) is 11.7 Å². The minimum absolute atomic E-state index is 0.0607. The van der Waals surface area contributed by atoms with E-state index in [4.69, 9.17) is 5.73 Å². The van der Waals surface area contributed by atoms with Gasteiger partial charge in [0, 0.05) is 18.7 Å². The second-order valence-corrected chi connectivity index (χ2v) is 5.33. The first-order chi connectivity index (χ1) is 10.2. The van der Waals surface area contributed by atoms with Crippen LogP contribution in [-0.4, -0.2) is 19.0 Å². The van der Waals surface area contributed by atoms with E-state index in [1.807, 2.05) is 0 Å². The molecule has 1 amide bonds. The molecule has 1 aromatic carbocycles. The molecule has 0 fully saturated rings. The van der Waals surface area contributed by atoms with Crippen LogP contribution in [0.4, 0.5) is 10.1 Å². The fourth-order valence-electron chi connectivity index (χ4n) is 2.31. The Morgan fingerprint density at radius 3 is 2.62 bits per heavy atom. The molecule has 0 saturated heterocycles. The van der Waals surface area contributed by atoms with Crippen LogP contribution in [0, 0.1) is 5.82 Å². The van der Waals surface area contributed by atoms with Crippen LogP contribution < -0.4 is 10.6 Å². The van der Waals surface area contributed by atoms with Crippen molar-refractivity contribution in [3.05, 3.63) is 30.1 Å². The van der Waals surface area contributed by atoms with E-state index in [1.165, 1.54) is 31.4 Å². The predicted octanol–water partition coefficient (Wildman–Crippen LogP) is 3.87. The van der Waals surface area contributed by atoms with Crippen LogP contribution in [0.1, 0.15) is 51.9 Å². The molecule has 1 rings (SSSR count). The Morgan fingerprint density at radius 2 is 1.95 bits per heavy atom. The summed E-state index contributed by atoms with van der Waals surface area (Å²) in [5.74, 6) is -0.258. The predicted molar refractivity (Wildman–Crippen MR) is 85.8 cm³/mol. The zero-order valence-electron chi connectivity index (χ0n) is 13.0. The standard InChI is InChI=1S/C17H27FN2O/c1-2-3-4-5-6-11-17(21)20(13-8-12-19)16-10-7-9-15(18)14-16/h7,9-10,14H,2-6,8,11-13,19H2,1H3. The highest BCUT2D eigenvalue weighted by atomic mass is 19.1. The van der Waals surface area contributed by atoms with Gasteiger partial charge in [0.05, 0.1) is 0 Å². The largest absolute Gasteiger partial charge is 0.330 e. The minimum Gasteiger partial charge on any atom is -0.330 e. The molecule has 21 heavy (non-hydrogen) atoms. The zero-order chi connectivity index (χ0) is 15.5. The Bertz CT molecular complexity index is 423. The molecule has 0 aliphatic carbocycles. The summed E-state index contributed by atoms with van der Waals surface area (Å²) in [5.41, 5.74) is 6.15. The molecule has 0 saturated carbocycles. The normalized spacial score (nSPS) is 10.6. The van der Waals surface area contributed by atoms with Crippen LogP contribution >= 0.6 is 0 Å². The van der Waals surface area contributed by atoms with Crippen molar-refractivity contribution in [1.29, 1.82) is 0 Å². The summed E-state index contributed by atoms with van der Waals surface area (Å²) < 4.78 is 13.3. The van der Waals surface area contributed by atoms with Gasteiger partial charge in [-0.2, -0.15) is 0 Å². The molecule has 0 spiro atoms. The number of anilines is 1. The topological polar surface area (TPSA) is 46.3 Å². The Labute approximate surface area is 127 Å². The molecular weight excluding hydrogens is 267 g/mol. The Morgan fingerprint density at radius 1 is 1.19 bits per heavy atom. The zero-order valence-corrected chi connectivity index (χ0v) is 13.0. The van der Waals surface area contributed by atoms with Gasteiger partial charge in [-0.3, -0.25) is 4.79 Å². The number of halogens is 1. The number of hydrogen-bond donors (Lipinski definition) is 1. The maximum Gasteiger partial charge on any atom is 0.226 e. The van der Waals surface area contributed by atoms with Crippen LogP contribution in [-0.2, 0) is 4.79 Å². The number of nitrogens with two attached hydrogens (primary N) is 1. The highest BCUT2D eigenvalue weighted by molar-refractivity contribution is 5.93. The van der Waals surface area contributed by atoms with Crippen molar-refractivity contribution in [2.45, 2.75) is 51.9 Å². The first kappa shape index (κ1) is 17.6. The quantitative estimate of drug-likeness (QED) is 0.666. The van der Waals surface area contributed by atoms with Crippen molar-refractivity contribution in [3.63, 3.8) is 0 Å². The molecule has 0 aliphatic rings. The van der Waals surface area contributed by atoms with Gasteiger partial charge in [-0.25, -0.2) is 4.39 Å². The molecule has 3 nitrogen and oxygen atoms in total. The van der Waals surface area contributed by atoms with E-state index >= 15 is 0 Å². The van der Waals surface area contributed by atoms with Crippen molar-refractivity contribution in [2.75, 3.05) is 18.0 Å². The minimum atomic E-state index is -0.319. The summed E-state index contributed by atoms with van der Waals surface area (Å²) in [6, 6.07) is 6.20. The van der Waals surface area contributed by atoms with Crippen LogP contribution in [0.15, 0.2) is 24.3 Å². The molecular formula is C17H27FN2O. The number of rotatable bonds is 10. The molecule has 0 aromatic heterocycles. The van der Waals surface area contributed by atoms with Gasteiger partial charge in [0.15, 0.2) is 0 Å². The summed E-state index contributed by atoms with van der Waals surface area (Å²) in [5, 5.41) is 0. The molecule has 0 atom stereocenters. The SMILES string of the molecule is CCCCCCCC(=O)N(CCCN)c1cccc(F)c1. The molecule has 0 radical (unpaired) electrons. The highest BCUT2D eigenvalue weighted by Crippen LogP contribution is 2.18. The summed E-state index contributed by atoms with van der Waals surface area (Å²) in [7, 11) is 0. The van der Waals surface area contributed by atoms with Crippen molar-refractivity contribution < 1.29 is 9.18 Å². The lowest BCUT2D eigenvalue weighted by Crippen LogP contribution is -2.32. The summed E-state index contributed by atoms with van der Waals surface area (Å²) in [6.07, 6.45) is 6.80. The lowest BCUT2D eigenvalue weighted by molar-refractivity contribution is -0.118. The van der Waals surface area contributed by atoms with E-state index in [2.05, 4.69) is 6.92 Å². The number of benzene rings is 1. The van der Waals surface area contributed by atoms with Gasteiger partial charge < -0.3 is 10.6 Å². The third kappa shape index (κ3) is 6.71. The number of carbonyl (C=O) groups excluding carboxylic acids is 1. The summed E-state index contributed by atoms with van der Waals surface area (Å²) in [6.45, 7) is 3.24. The van der Waals surface area contributed by atoms with Crippen LogP contribution in [0.25, 0.3) is 0 Å². The Kier molecular flexibility index (Phi) is 8.67. The molecule has 0 bridgehead atoms. The number of amides is 1. The molecule has 0 aliphatic heterocycles. The van der Waals surface area contributed by atoms with Gasteiger partial charge in [-0.05, 0) is 37.6 Å². The van der Waals surface area contributed by atoms with E-state index in [1.54, 1.807) is 17.0 Å². The van der Waals surface area contributed by atoms with Gasteiger partial charge in [0.1, 0.15) is 5.82 Å².